The van der Waals surface area contributed by atoms with Crippen LogP contribution in [0.5, 0.6) is 0 Å². The van der Waals surface area contributed by atoms with E-state index in [0.717, 1.165) is 35.7 Å². The van der Waals surface area contributed by atoms with E-state index in [0.29, 0.717) is 22.2 Å². The van der Waals surface area contributed by atoms with Crippen molar-refractivity contribution in [3.8, 4) is 0 Å². The Morgan fingerprint density at radius 3 is 2.86 bits per heavy atom. The van der Waals surface area contributed by atoms with E-state index in [1.807, 2.05) is 30.3 Å². The first-order valence-electron chi connectivity index (χ1n) is 10.2. The quantitative estimate of drug-likeness (QED) is 0.607. The van der Waals surface area contributed by atoms with Crippen molar-refractivity contribution in [1.82, 2.24) is 4.98 Å². The zero-order valence-corrected chi connectivity index (χ0v) is 17.3. The van der Waals surface area contributed by atoms with Gasteiger partial charge in [0.25, 0.3) is 11.8 Å². The van der Waals surface area contributed by atoms with Gasteiger partial charge in [-0.25, -0.2) is 4.98 Å². The largest absolute Gasteiger partial charge is 0.365 e. The summed E-state index contributed by atoms with van der Waals surface area (Å²) in [5.74, 6) is -0.150. The van der Waals surface area contributed by atoms with Crippen molar-refractivity contribution < 1.29 is 9.59 Å². The summed E-state index contributed by atoms with van der Waals surface area (Å²) in [7, 11) is 0. The number of amides is 2. The first-order chi connectivity index (χ1) is 14.1. The third kappa shape index (κ3) is 4.03. The van der Waals surface area contributed by atoms with Crippen LogP contribution in [0, 0.1) is 5.92 Å². The van der Waals surface area contributed by atoms with Crippen molar-refractivity contribution in [2.24, 2.45) is 11.7 Å². The number of carbonyl (C=O) groups is 2. The molecule has 0 fully saturated rings. The smallest absolute Gasteiger partial charge is 0.274 e. The number of anilines is 1. The molecule has 2 aromatic heterocycles. The Morgan fingerprint density at radius 2 is 2.07 bits per heavy atom. The predicted molar refractivity (Wildman–Crippen MR) is 118 cm³/mol. The standard InChI is InChI=1S/C23H25N3O2S/c1-2-3-6-14-9-11-16-19(13-14)29-23(20(16)21(24)27)26-22(28)18-12-10-15-7-4-5-8-17(15)25-18/h4-5,7-8,10,12,14H,2-3,6,9,11,13H2,1H3,(H2,24,27)(H,26,28). The molecule has 0 saturated carbocycles. The molecule has 3 N–H and O–H groups in total. The number of para-hydroxylation sites is 1. The van der Waals surface area contributed by atoms with Crippen molar-refractivity contribution >= 4 is 39.1 Å². The number of carbonyl (C=O) groups excluding carboxylic acids is 2. The summed E-state index contributed by atoms with van der Waals surface area (Å²) in [6.45, 7) is 2.21. The average Bonchev–Trinajstić information content (AvgIpc) is 3.09. The number of rotatable bonds is 6. The lowest BCUT2D eigenvalue weighted by Crippen LogP contribution is -2.20. The van der Waals surface area contributed by atoms with E-state index < -0.39 is 5.91 Å². The molecule has 29 heavy (non-hydrogen) atoms. The van der Waals surface area contributed by atoms with Crippen LogP contribution in [0.25, 0.3) is 10.9 Å². The van der Waals surface area contributed by atoms with E-state index >= 15 is 0 Å². The van der Waals surface area contributed by atoms with E-state index in [2.05, 4.69) is 17.2 Å². The highest BCUT2D eigenvalue weighted by atomic mass is 32.1. The van der Waals surface area contributed by atoms with Crippen LogP contribution in [0.15, 0.2) is 36.4 Å². The van der Waals surface area contributed by atoms with Crippen LogP contribution in [-0.4, -0.2) is 16.8 Å². The number of fused-ring (bicyclic) bond motifs is 2. The van der Waals surface area contributed by atoms with E-state index in [1.165, 1.54) is 35.5 Å². The van der Waals surface area contributed by atoms with Gasteiger partial charge >= 0.3 is 0 Å². The van der Waals surface area contributed by atoms with Crippen LogP contribution in [0.4, 0.5) is 5.00 Å². The molecule has 1 aliphatic rings. The Balaban J connectivity index is 1.60. The van der Waals surface area contributed by atoms with Gasteiger partial charge in [-0.05, 0) is 42.9 Å². The molecule has 2 amide bonds. The van der Waals surface area contributed by atoms with E-state index in [-0.39, 0.29) is 5.91 Å². The van der Waals surface area contributed by atoms with Gasteiger partial charge in [-0.1, -0.05) is 50.5 Å². The Bertz CT molecular complexity index is 1070. The summed E-state index contributed by atoms with van der Waals surface area (Å²) in [5, 5.41) is 4.44. The van der Waals surface area contributed by atoms with Crippen molar-refractivity contribution in [3.63, 3.8) is 0 Å². The maximum atomic E-state index is 12.8. The molecule has 5 nitrogen and oxygen atoms in total. The number of benzene rings is 1. The number of aromatic nitrogens is 1. The molecule has 0 aliphatic heterocycles. The third-order valence-corrected chi connectivity index (χ3v) is 6.81. The molecule has 0 radical (unpaired) electrons. The van der Waals surface area contributed by atoms with E-state index in [9.17, 15) is 9.59 Å². The molecule has 150 valence electrons. The molecule has 4 rings (SSSR count). The maximum Gasteiger partial charge on any atom is 0.274 e. The highest BCUT2D eigenvalue weighted by molar-refractivity contribution is 7.17. The van der Waals surface area contributed by atoms with Crippen LogP contribution in [-0.2, 0) is 12.8 Å². The highest BCUT2D eigenvalue weighted by Crippen LogP contribution is 2.40. The van der Waals surface area contributed by atoms with Crippen LogP contribution in [0.1, 0.15) is 63.9 Å². The molecule has 0 spiro atoms. The van der Waals surface area contributed by atoms with E-state index in [4.69, 9.17) is 5.73 Å². The molecule has 6 heteroatoms. The maximum absolute atomic E-state index is 12.8. The van der Waals surface area contributed by atoms with Crippen LogP contribution < -0.4 is 11.1 Å². The first kappa shape index (κ1) is 19.6. The van der Waals surface area contributed by atoms with Crippen molar-refractivity contribution in [2.45, 2.75) is 45.4 Å². The lowest BCUT2D eigenvalue weighted by atomic mass is 9.84. The second-order valence-electron chi connectivity index (χ2n) is 7.67. The van der Waals surface area contributed by atoms with Gasteiger partial charge in [0.1, 0.15) is 10.7 Å². The number of hydrogen-bond acceptors (Lipinski definition) is 4. The molecule has 1 atom stereocenters. The molecule has 3 aromatic rings. The molecule has 0 saturated heterocycles. The summed E-state index contributed by atoms with van der Waals surface area (Å²) < 4.78 is 0. The fourth-order valence-electron chi connectivity index (χ4n) is 4.10. The normalized spacial score (nSPS) is 15.8. The number of pyridine rings is 1. The number of nitrogens with zero attached hydrogens (tertiary/aromatic N) is 1. The van der Waals surface area contributed by atoms with Crippen LogP contribution >= 0.6 is 11.3 Å². The lowest BCUT2D eigenvalue weighted by molar-refractivity contribution is 0.1000. The van der Waals surface area contributed by atoms with Crippen LogP contribution in [0.2, 0.25) is 0 Å². The molecular formula is C23H25N3O2S. The molecule has 1 aliphatic carbocycles. The van der Waals surface area contributed by atoms with Gasteiger partial charge in [-0.3, -0.25) is 9.59 Å². The summed E-state index contributed by atoms with van der Waals surface area (Å²) in [4.78, 5) is 30.6. The van der Waals surface area contributed by atoms with E-state index in [1.54, 1.807) is 6.07 Å². The zero-order chi connectivity index (χ0) is 20.4. The minimum atomic E-state index is -0.476. The fourth-order valence-corrected chi connectivity index (χ4v) is 5.46. The Kier molecular flexibility index (Phi) is 5.62. The number of primary amides is 1. The van der Waals surface area contributed by atoms with Crippen molar-refractivity contribution in [2.75, 3.05) is 5.32 Å². The molecule has 1 unspecified atom stereocenters. The monoisotopic (exact) mass is 407 g/mol. The van der Waals surface area contributed by atoms with Gasteiger partial charge < -0.3 is 11.1 Å². The van der Waals surface area contributed by atoms with Crippen molar-refractivity contribution in [1.29, 1.82) is 0 Å². The molecular weight excluding hydrogens is 382 g/mol. The van der Waals surface area contributed by atoms with Gasteiger partial charge in [0.15, 0.2) is 0 Å². The highest BCUT2D eigenvalue weighted by Gasteiger charge is 2.28. The number of hydrogen-bond donors (Lipinski definition) is 2. The summed E-state index contributed by atoms with van der Waals surface area (Å²) in [5.41, 5.74) is 8.28. The van der Waals surface area contributed by atoms with Crippen LogP contribution in [0.3, 0.4) is 0 Å². The lowest BCUT2D eigenvalue weighted by Gasteiger charge is -2.22. The minimum Gasteiger partial charge on any atom is -0.365 e. The summed E-state index contributed by atoms with van der Waals surface area (Å²) in [6, 6.07) is 11.2. The Morgan fingerprint density at radius 1 is 1.24 bits per heavy atom. The number of nitrogens with two attached hydrogens (primary N) is 1. The minimum absolute atomic E-state index is 0.320. The van der Waals surface area contributed by atoms with Gasteiger partial charge in [0.2, 0.25) is 0 Å². The molecule has 0 bridgehead atoms. The van der Waals surface area contributed by atoms with Gasteiger partial charge in [-0.2, -0.15) is 0 Å². The SMILES string of the molecule is CCCCC1CCc2c(sc(NC(=O)c3ccc4ccccc4n3)c2C(N)=O)C1. The number of thiophene rings is 1. The second-order valence-corrected chi connectivity index (χ2v) is 8.77. The summed E-state index contributed by atoms with van der Waals surface area (Å²) in [6.07, 6.45) is 6.52. The fraction of sp³-hybridized carbons (Fsp3) is 0.348. The number of unbranched alkanes of at least 4 members (excludes halogenated alkanes) is 1. The summed E-state index contributed by atoms with van der Waals surface area (Å²) >= 11 is 1.49. The predicted octanol–water partition coefficient (Wildman–Crippen LogP) is 4.94. The average molecular weight is 408 g/mol. The second kappa shape index (κ2) is 8.33. The molecule has 1 aromatic carbocycles. The van der Waals surface area contributed by atoms with Gasteiger partial charge in [0.05, 0.1) is 11.1 Å². The topological polar surface area (TPSA) is 85.1 Å². The molecule has 2 heterocycles. The zero-order valence-electron chi connectivity index (χ0n) is 16.5. The van der Waals surface area contributed by atoms with Crippen molar-refractivity contribution in [3.05, 3.63) is 58.1 Å². The van der Waals surface area contributed by atoms with Gasteiger partial charge in [0, 0.05) is 10.3 Å². The Hall–Kier alpha value is -2.73. The Labute approximate surface area is 174 Å². The third-order valence-electron chi connectivity index (χ3n) is 5.64. The number of nitrogens with one attached hydrogen (secondary N) is 1. The first-order valence-corrected chi connectivity index (χ1v) is 11.0. The van der Waals surface area contributed by atoms with Gasteiger partial charge in [-0.15, -0.1) is 11.3 Å².